The van der Waals surface area contributed by atoms with E-state index in [1.807, 2.05) is 35.9 Å². The third-order valence-corrected chi connectivity index (χ3v) is 5.61. The van der Waals surface area contributed by atoms with Gasteiger partial charge < -0.3 is 14.6 Å². The highest BCUT2D eigenvalue weighted by atomic mass is 35.5. The Kier molecular flexibility index (Phi) is 6.62. The number of halogens is 4. The molecule has 0 bridgehead atoms. The van der Waals surface area contributed by atoms with Gasteiger partial charge in [-0.3, -0.25) is 4.79 Å². The van der Waals surface area contributed by atoms with Gasteiger partial charge in [-0.25, -0.2) is 4.98 Å². The Hall–Kier alpha value is -2.65. The Morgan fingerprint density at radius 2 is 1.93 bits per heavy atom. The van der Waals surface area contributed by atoms with Crippen LogP contribution in [0.15, 0.2) is 53.8 Å². The van der Waals surface area contributed by atoms with Gasteiger partial charge in [-0.2, -0.15) is 13.2 Å². The first-order chi connectivity index (χ1) is 14.2. The molecule has 5 nitrogen and oxygen atoms in total. The lowest BCUT2D eigenvalue weighted by Gasteiger charge is -2.11. The SMILES string of the molecule is COc1ccc(-c2cnc(SCC(=O)Nc3cc(C(F)(F)F)ccc3Cl)n2C)cc1. The molecule has 0 saturated heterocycles. The molecule has 1 N–H and O–H groups in total. The number of nitrogens with zero attached hydrogens (tertiary/aromatic N) is 2. The Bertz CT molecular complexity index is 1050. The van der Waals surface area contributed by atoms with Crippen LogP contribution in [0.4, 0.5) is 18.9 Å². The highest BCUT2D eigenvalue weighted by molar-refractivity contribution is 7.99. The second kappa shape index (κ2) is 9.01. The number of carbonyl (C=O) groups excluding carboxylic acids is 1. The Morgan fingerprint density at radius 3 is 2.57 bits per heavy atom. The van der Waals surface area contributed by atoms with Crippen molar-refractivity contribution in [3.8, 4) is 17.0 Å². The van der Waals surface area contributed by atoms with E-state index in [2.05, 4.69) is 10.3 Å². The van der Waals surface area contributed by atoms with Gasteiger partial charge in [-0.15, -0.1) is 0 Å². The minimum Gasteiger partial charge on any atom is -0.497 e. The summed E-state index contributed by atoms with van der Waals surface area (Å²) in [6.45, 7) is 0. The molecule has 0 saturated carbocycles. The van der Waals surface area contributed by atoms with E-state index >= 15 is 0 Å². The fourth-order valence-electron chi connectivity index (χ4n) is 2.67. The zero-order valence-corrected chi connectivity index (χ0v) is 17.5. The molecule has 30 heavy (non-hydrogen) atoms. The summed E-state index contributed by atoms with van der Waals surface area (Å²) in [5.74, 6) is 0.204. The van der Waals surface area contributed by atoms with Crippen molar-refractivity contribution in [2.75, 3.05) is 18.2 Å². The smallest absolute Gasteiger partial charge is 0.416 e. The summed E-state index contributed by atoms with van der Waals surface area (Å²) in [6, 6.07) is 10.2. The molecule has 2 aromatic carbocycles. The van der Waals surface area contributed by atoms with Crippen molar-refractivity contribution in [3.63, 3.8) is 0 Å². The van der Waals surface area contributed by atoms with E-state index in [0.717, 1.165) is 47.0 Å². The molecular weight excluding hydrogens is 439 g/mol. The maximum absolute atomic E-state index is 12.9. The highest BCUT2D eigenvalue weighted by Gasteiger charge is 2.31. The fourth-order valence-corrected chi connectivity index (χ4v) is 3.59. The number of ether oxygens (including phenoxy) is 1. The monoisotopic (exact) mass is 455 g/mol. The summed E-state index contributed by atoms with van der Waals surface area (Å²) in [6.07, 6.45) is -2.84. The Balaban J connectivity index is 1.66. The molecule has 1 heterocycles. The molecule has 10 heteroatoms. The summed E-state index contributed by atoms with van der Waals surface area (Å²) in [5.41, 5.74) is 0.804. The highest BCUT2D eigenvalue weighted by Crippen LogP contribution is 2.34. The van der Waals surface area contributed by atoms with Crippen LogP contribution in [-0.4, -0.2) is 28.3 Å². The minimum atomic E-state index is -4.52. The zero-order chi connectivity index (χ0) is 21.9. The van der Waals surface area contributed by atoms with Crippen LogP contribution >= 0.6 is 23.4 Å². The molecule has 3 aromatic rings. The molecule has 0 radical (unpaired) electrons. The average molecular weight is 456 g/mol. The van der Waals surface area contributed by atoms with Crippen LogP contribution in [0.3, 0.4) is 0 Å². The number of rotatable bonds is 6. The van der Waals surface area contributed by atoms with Crippen molar-refractivity contribution >= 4 is 35.0 Å². The molecule has 3 rings (SSSR count). The van der Waals surface area contributed by atoms with Gasteiger partial charge in [0.1, 0.15) is 5.75 Å². The first kappa shape index (κ1) is 22.0. The second-order valence-corrected chi connectivity index (χ2v) is 7.59. The third-order valence-electron chi connectivity index (χ3n) is 4.23. The number of hydrogen-bond acceptors (Lipinski definition) is 4. The molecule has 0 aliphatic rings. The van der Waals surface area contributed by atoms with E-state index < -0.39 is 17.6 Å². The molecular formula is C20H17ClF3N3O2S. The summed E-state index contributed by atoms with van der Waals surface area (Å²) in [7, 11) is 3.40. The van der Waals surface area contributed by atoms with Gasteiger partial charge in [-0.1, -0.05) is 23.4 Å². The molecule has 1 amide bonds. The van der Waals surface area contributed by atoms with Crippen LogP contribution in [0.2, 0.25) is 5.02 Å². The lowest BCUT2D eigenvalue weighted by Crippen LogP contribution is -2.16. The van der Waals surface area contributed by atoms with Crippen LogP contribution < -0.4 is 10.1 Å². The first-order valence-corrected chi connectivity index (χ1v) is 10.0. The van der Waals surface area contributed by atoms with E-state index in [1.165, 1.54) is 0 Å². The summed E-state index contributed by atoms with van der Waals surface area (Å²) in [4.78, 5) is 16.6. The number of thioether (sulfide) groups is 1. The summed E-state index contributed by atoms with van der Waals surface area (Å²) >= 11 is 7.07. The topological polar surface area (TPSA) is 56.1 Å². The number of aromatic nitrogens is 2. The average Bonchev–Trinajstić information content (AvgIpc) is 3.07. The quantitative estimate of drug-likeness (QED) is 0.499. The maximum Gasteiger partial charge on any atom is 0.416 e. The van der Waals surface area contributed by atoms with Crippen molar-refractivity contribution in [2.24, 2.45) is 7.05 Å². The van der Waals surface area contributed by atoms with Gasteiger partial charge in [0.15, 0.2) is 5.16 Å². The number of anilines is 1. The number of nitrogens with one attached hydrogen (secondary N) is 1. The normalized spacial score (nSPS) is 11.4. The van der Waals surface area contributed by atoms with Gasteiger partial charge in [0.25, 0.3) is 0 Å². The third kappa shape index (κ3) is 5.09. The number of alkyl halides is 3. The second-order valence-electron chi connectivity index (χ2n) is 6.24. The largest absolute Gasteiger partial charge is 0.497 e. The van der Waals surface area contributed by atoms with E-state index in [-0.39, 0.29) is 16.5 Å². The van der Waals surface area contributed by atoms with E-state index in [0.29, 0.717) is 5.16 Å². The number of methoxy groups -OCH3 is 1. The standard InChI is InChI=1S/C20H17ClF3N3O2S/c1-27-17(12-3-6-14(29-2)7-4-12)10-25-19(27)30-11-18(28)26-16-9-13(20(22,23)24)5-8-15(16)21/h3-10H,11H2,1-2H3,(H,26,28). The van der Waals surface area contributed by atoms with Crippen LogP contribution in [-0.2, 0) is 18.0 Å². The van der Waals surface area contributed by atoms with Crippen LogP contribution in [0, 0.1) is 0 Å². The number of hydrogen-bond donors (Lipinski definition) is 1. The predicted molar refractivity (Wildman–Crippen MR) is 111 cm³/mol. The molecule has 158 valence electrons. The van der Waals surface area contributed by atoms with Crippen molar-refractivity contribution in [1.82, 2.24) is 9.55 Å². The molecule has 0 spiro atoms. The summed E-state index contributed by atoms with van der Waals surface area (Å²) in [5, 5.41) is 3.04. The molecule has 0 aliphatic carbocycles. The van der Waals surface area contributed by atoms with Crippen LogP contribution in [0.25, 0.3) is 11.3 Å². The van der Waals surface area contributed by atoms with E-state index in [1.54, 1.807) is 13.3 Å². The first-order valence-electron chi connectivity index (χ1n) is 8.64. The molecule has 0 aliphatic heterocycles. The van der Waals surface area contributed by atoms with E-state index in [4.69, 9.17) is 16.3 Å². The van der Waals surface area contributed by atoms with Gasteiger partial charge >= 0.3 is 6.18 Å². The number of carbonyl (C=O) groups is 1. The maximum atomic E-state index is 12.9. The Labute approximate surface area is 180 Å². The van der Waals surface area contributed by atoms with E-state index in [9.17, 15) is 18.0 Å². The van der Waals surface area contributed by atoms with Crippen molar-refractivity contribution in [1.29, 1.82) is 0 Å². The van der Waals surface area contributed by atoms with Crippen molar-refractivity contribution < 1.29 is 22.7 Å². The van der Waals surface area contributed by atoms with Crippen LogP contribution in [0.1, 0.15) is 5.56 Å². The number of amides is 1. The van der Waals surface area contributed by atoms with Gasteiger partial charge in [-0.05, 0) is 42.5 Å². The lowest BCUT2D eigenvalue weighted by atomic mass is 10.1. The van der Waals surface area contributed by atoms with Crippen LogP contribution in [0.5, 0.6) is 5.75 Å². The number of imidazole rings is 1. The molecule has 0 fully saturated rings. The molecule has 1 aromatic heterocycles. The fraction of sp³-hybridized carbons (Fsp3) is 0.200. The molecule has 0 atom stereocenters. The lowest BCUT2D eigenvalue weighted by molar-refractivity contribution is -0.137. The Morgan fingerprint density at radius 1 is 1.23 bits per heavy atom. The van der Waals surface area contributed by atoms with Gasteiger partial charge in [0, 0.05) is 12.6 Å². The number of benzene rings is 2. The predicted octanol–water partition coefficient (Wildman–Crippen LogP) is 5.50. The van der Waals surface area contributed by atoms with Crippen molar-refractivity contribution in [3.05, 3.63) is 59.2 Å². The summed E-state index contributed by atoms with van der Waals surface area (Å²) < 4.78 is 45.5. The van der Waals surface area contributed by atoms with Crippen molar-refractivity contribution in [2.45, 2.75) is 11.3 Å². The molecule has 0 unspecified atom stereocenters. The zero-order valence-electron chi connectivity index (χ0n) is 16.0. The minimum absolute atomic E-state index is 0.0279. The van der Waals surface area contributed by atoms with Gasteiger partial charge in [0.05, 0.1) is 41.0 Å². The van der Waals surface area contributed by atoms with Gasteiger partial charge in [0.2, 0.25) is 5.91 Å².